The summed E-state index contributed by atoms with van der Waals surface area (Å²) in [6.07, 6.45) is 9.22. The zero-order valence-electron chi connectivity index (χ0n) is 6.56. The summed E-state index contributed by atoms with van der Waals surface area (Å²) in [5, 5.41) is 0. The lowest BCUT2D eigenvalue weighted by Gasteiger charge is -2.15. The highest BCUT2D eigenvalue weighted by Crippen LogP contribution is 2.14. The molecule has 0 nitrogen and oxygen atoms in total. The number of terminal acetylenes is 1. The molecular formula is C9H14Si. The van der Waals surface area contributed by atoms with Crippen LogP contribution in [0.2, 0.25) is 18.6 Å². The predicted octanol–water partition coefficient (Wildman–Crippen LogP) is 2.61. The summed E-state index contributed by atoms with van der Waals surface area (Å²) >= 11 is 0. The fourth-order valence-electron chi connectivity index (χ4n) is 0.838. The fraction of sp³-hybridized carbons (Fsp3) is 0.333. The van der Waals surface area contributed by atoms with E-state index in [1.54, 1.807) is 0 Å². The quantitative estimate of drug-likeness (QED) is 0.328. The maximum atomic E-state index is 5.40. The Kier molecular flexibility index (Phi) is 3.83. The average molecular weight is 150 g/mol. The molecule has 0 spiro atoms. The molecule has 0 saturated carbocycles. The zero-order chi connectivity index (χ0) is 8.04. The molecule has 0 aliphatic rings. The Bertz CT molecular complexity index is 152. The minimum Gasteiger partial charge on any atom is -0.134 e. The third-order valence-corrected chi connectivity index (χ3v) is 4.61. The maximum absolute atomic E-state index is 5.40. The van der Waals surface area contributed by atoms with E-state index < -0.39 is 8.07 Å². The first kappa shape index (κ1) is 9.26. The second-order valence-electron chi connectivity index (χ2n) is 2.69. The monoisotopic (exact) mass is 150 g/mol. The van der Waals surface area contributed by atoms with Crippen molar-refractivity contribution >= 4 is 8.07 Å². The molecule has 0 aromatic heterocycles. The number of hydrogen-bond donors (Lipinski definition) is 0. The summed E-state index contributed by atoms with van der Waals surface area (Å²) in [6, 6.07) is 1.99. The van der Waals surface area contributed by atoms with Gasteiger partial charge in [-0.2, -0.15) is 0 Å². The van der Waals surface area contributed by atoms with Crippen LogP contribution in [-0.2, 0) is 0 Å². The van der Waals surface area contributed by atoms with E-state index in [-0.39, 0.29) is 0 Å². The van der Waals surface area contributed by atoms with Crippen LogP contribution in [0.25, 0.3) is 0 Å². The molecule has 0 fully saturated rings. The normalized spacial score (nSPS) is 10.0. The van der Waals surface area contributed by atoms with Crippen molar-refractivity contribution in [1.82, 2.24) is 0 Å². The minimum absolute atomic E-state index is 0.996. The summed E-state index contributed by atoms with van der Waals surface area (Å²) in [5.41, 5.74) is 2.88. The van der Waals surface area contributed by atoms with Gasteiger partial charge in [0.2, 0.25) is 0 Å². The second kappa shape index (κ2) is 4.13. The van der Waals surface area contributed by atoms with Gasteiger partial charge in [0.05, 0.1) is 0 Å². The Balaban J connectivity index is 4.09. The number of rotatable bonds is 4. The fourth-order valence-corrected chi connectivity index (χ4v) is 2.51. The predicted molar refractivity (Wildman–Crippen MR) is 50.5 cm³/mol. The molecule has 0 aliphatic heterocycles. The lowest BCUT2D eigenvalue weighted by atomic mass is 10.7. The van der Waals surface area contributed by atoms with E-state index in [1.807, 2.05) is 12.2 Å². The van der Waals surface area contributed by atoms with Crippen molar-refractivity contribution < 1.29 is 0 Å². The summed E-state index contributed by atoms with van der Waals surface area (Å²) in [7, 11) is -1.43. The molecule has 0 bridgehead atoms. The van der Waals surface area contributed by atoms with Gasteiger partial charge in [0.1, 0.15) is 8.07 Å². The topological polar surface area (TPSA) is 0 Å². The van der Waals surface area contributed by atoms with Gasteiger partial charge in [0.25, 0.3) is 0 Å². The summed E-state index contributed by atoms with van der Waals surface area (Å²) in [5.74, 6) is 0. The molecule has 0 aromatic rings. The van der Waals surface area contributed by atoms with Crippen molar-refractivity contribution in [2.24, 2.45) is 0 Å². The Morgan fingerprint density at radius 1 is 1.40 bits per heavy atom. The maximum Gasteiger partial charge on any atom is 0.142 e. The molecule has 54 valence electrons. The van der Waals surface area contributed by atoms with Crippen LogP contribution in [0.1, 0.15) is 0 Å². The Morgan fingerprint density at radius 3 is 2.00 bits per heavy atom. The third-order valence-electron chi connectivity index (χ3n) is 1.54. The van der Waals surface area contributed by atoms with E-state index >= 15 is 0 Å². The van der Waals surface area contributed by atoms with Crippen molar-refractivity contribution in [1.29, 1.82) is 0 Å². The molecule has 0 rings (SSSR count). The van der Waals surface area contributed by atoms with Crippen molar-refractivity contribution in [2.45, 2.75) is 18.6 Å². The lowest BCUT2D eigenvalue weighted by molar-refractivity contribution is 1.47. The molecule has 0 radical (unpaired) electrons. The van der Waals surface area contributed by atoms with Crippen molar-refractivity contribution in [3.8, 4) is 12.0 Å². The summed E-state index contributed by atoms with van der Waals surface area (Å²) < 4.78 is 0. The van der Waals surface area contributed by atoms with Crippen LogP contribution in [0.5, 0.6) is 0 Å². The molecule has 1 heteroatoms. The largest absolute Gasteiger partial charge is 0.142 e. The van der Waals surface area contributed by atoms with Crippen LogP contribution in [0.4, 0.5) is 0 Å². The SMILES string of the molecule is C#C[Si](C)(CC=C)CC=C. The van der Waals surface area contributed by atoms with E-state index in [0.29, 0.717) is 0 Å². The van der Waals surface area contributed by atoms with Gasteiger partial charge < -0.3 is 0 Å². The standard InChI is InChI=1S/C9H14Si/c1-5-8-10(4,7-3)9-6-2/h3,5-6H,1-2,8-9H2,4H3. The Morgan fingerprint density at radius 2 is 1.80 bits per heavy atom. The van der Waals surface area contributed by atoms with Gasteiger partial charge in [-0.15, -0.1) is 25.1 Å². The highest BCUT2D eigenvalue weighted by molar-refractivity contribution is 6.86. The molecule has 0 unspecified atom stereocenters. The number of hydrogen-bond acceptors (Lipinski definition) is 0. The Hall–Kier alpha value is -0.743. The Labute approximate surface area is 64.7 Å². The van der Waals surface area contributed by atoms with E-state index in [1.165, 1.54) is 0 Å². The number of allylic oxidation sites excluding steroid dienone is 2. The van der Waals surface area contributed by atoms with Crippen LogP contribution >= 0.6 is 0 Å². The first-order chi connectivity index (χ1) is 4.68. The van der Waals surface area contributed by atoms with Gasteiger partial charge in [-0.1, -0.05) is 18.7 Å². The first-order valence-corrected chi connectivity index (χ1v) is 6.29. The minimum atomic E-state index is -1.43. The van der Waals surface area contributed by atoms with Gasteiger partial charge in [-0.05, 0) is 12.1 Å². The zero-order valence-corrected chi connectivity index (χ0v) is 7.56. The van der Waals surface area contributed by atoms with Crippen molar-refractivity contribution in [2.75, 3.05) is 0 Å². The van der Waals surface area contributed by atoms with E-state index in [0.717, 1.165) is 12.1 Å². The van der Waals surface area contributed by atoms with Crippen LogP contribution in [0.3, 0.4) is 0 Å². The second-order valence-corrected chi connectivity index (χ2v) is 6.92. The van der Waals surface area contributed by atoms with Crippen LogP contribution in [0.15, 0.2) is 25.3 Å². The van der Waals surface area contributed by atoms with E-state index in [2.05, 4.69) is 25.2 Å². The van der Waals surface area contributed by atoms with Crippen LogP contribution < -0.4 is 0 Å². The molecule has 0 saturated heterocycles. The van der Waals surface area contributed by atoms with Gasteiger partial charge in [-0.3, -0.25) is 0 Å². The molecule has 0 N–H and O–H groups in total. The average Bonchev–Trinajstić information content (AvgIpc) is 1.89. The smallest absolute Gasteiger partial charge is 0.134 e. The van der Waals surface area contributed by atoms with E-state index in [4.69, 9.17) is 6.42 Å². The molecule has 0 aliphatic carbocycles. The van der Waals surface area contributed by atoms with Crippen molar-refractivity contribution in [3.63, 3.8) is 0 Å². The van der Waals surface area contributed by atoms with E-state index in [9.17, 15) is 0 Å². The molecule has 0 heterocycles. The van der Waals surface area contributed by atoms with Crippen LogP contribution in [0, 0.1) is 12.0 Å². The molecular weight excluding hydrogens is 136 g/mol. The third kappa shape index (κ3) is 2.70. The summed E-state index contributed by atoms with van der Waals surface area (Å²) in [6.45, 7) is 9.54. The molecule has 0 amide bonds. The molecule has 10 heavy (non-hydrogen) atoms. The molecule has 0 aromatic carbocycles. The summed E-state index contributed by atoms with van der Waals surface area (Å²) in [4.78, 5) is 0. The highest BCUT2D eigenvalue weighted by Gasteiger charge is 2.20. The highest BCUT2D eigenvalue weighted by atomic mass is 28.3. The van der Waals surface area contributed by atoms with Gasteiger partial charge in [-0.25, -0.2) is 0 Å². The van der Waals surface area contributed by atoms with Crippen LogP contribution in [-0.4, -0.2) is 8.07 Å². The first-order valence-electron chi connectivity index (χ1n) is 3.38. The lowest BCUT2D eigenvalue weighted by Crippen LogP contribution is -2.25. The molecule has 0 atom stereocenters. The van der Waals surface area contributed by atoms with Gasteiger partial charge in [0.15, 0.2) is 0 Å². The van der Waals surface area contributed by atoms with Crippen molar-refractivity contribution in [3.05, 3.63) is 25.3 Å². The van der Waals surface area contributed by atoms with Gasteiger partial charge in [0, 0.05) is 0 Å². The van der Waals surface area contributed by atoms with Gasteiger partial charge >= 0.3 is 0 Å².